The van der Waals surface area contributed by atoms with Gasteiger partial charge in [0.25, 0.3) is 0 Å². The quantitative estimate of drug-likeness (QED) is 0.162. The zero-order valence-electron chi connectivity index (χ0n) is 51.5. The van der Waals surface area contributed by atoms with Crippen molar-refractivity contribution < 1.29 is 42.6 Å². The number of pyridine rings is 1. The van der Waals surface area contributed by atoms with E-state index >= 15 is 0 Å². The van der Waals surface area contributed by atoms with Crippen molar-refractivity contribution in [3.63, 3.8) is 0 Å². The van der Waals surface area contributed by atoms with Crippen LogP contribution in [0.1, 0.15) is 112 Å². The molecule has 0 spiro atoms. The molecule has 0 atom stereocenters. The van der Waals surface area contributed by atoms with Crippen molar-refractivity contribution in [1.82, 2.24) is 14.5 Å². The number of aromatic hydroxyl groups is 1. The molecule has 0 saturated carbocycles. The van der Waals surface area contributed by atoms with Gasteiger partial charge in [0.05, 0.1) is 22.3 Å². The van der Waals surface area contributed by atoms with E-state index in [0.717, 1.165) is 33.4 Å². The Morgan fingerprint density at radius 3 is 1.85 bits per heavy atom. The molecule has 9 rings (SSSR count). The van der Waals surface area contributed by atoms with Crippen molar-refractivity contribution in [2.45, 2.75) is 99.0 Å². The van der Waals surface area contributed by atoms with E-state index in [1.807, 2.05) is 109 Å². The molecule has 4 nitrogen and oxygen atoms in total. The van der Waals surface area contributed by atoms with E-state index in [2.05, 4.69) is 65.8 Å². The molecule has 2 heterocycles. The molecule has 9 aromatic rings. The van der Waals surface area contributed by atoms with Gasteiger partial charge in [0.15, 0.2) is 0 Å². The van der Waals surface area contributed by atoms with Gasteiger partial charge in [0, 0.05) is 55.0 Å². The molecule has 2 aromatic heterocycles. The van der Waals surface area contributed by atoms with Crippen LogP contribution in [0.4, 0.5) is 0 Å². The number of hydrogen-bond donors (Lipinski definition) is 1. The summed E-state index contributed by atoms with van der Waals surface area (Å²) in [6, 6.07) is 48.1. The van der Waals surface area contributed by atoms with Crippen LogP contribution in [0.5, 0.6) is 5.75 Å². The number of phenols is 1. The molecule has 0 bridgehead atoms. The molecule has 0 unspecified atom stereocenters. The largest absolute Gasteiger partial charge is 0.507 e. The molecule has 0 amide bonds. The Labute approximate surface area is 435 Å². The fourth-order valence-corrected chi connectivity index (χ4v) is 8.84. The molecule has 0 aliphatic heterocycles. The van der Waals surface area contributed by atoms with Gasteiger partial charge in [-0.3, -0.25) is 9.55 Å². The summed E-state index contributed by atoms with van der Waals surface area (Å²) in [6.07, 6.45) is 1.63. The maximum atomic E-state index is 12.1. The molecule has 0 saturated heterocycles. The van der Waals surface area contributed by atoms with Crippen LogP contribution < -0.4 is 0 Å². The van der Waals surface area contributed by atoms with Crippen LogP contribution in [0, 0.1) is 26.8 Å². The fourth-order valence-electron chi connectivity index (χ4n) is 8.84. The molecule has 68 heavy (non-hydrogen) atoms. The van der Waals surface area contributed by atoms with Crippen molar-refractivity contribution >= 4 is 11.0 Å². The molecule has 0 aliphatic rings. The Bertz CT molecular complexity index is 3730. The molecule has 1 N–H and O–H groups in total. The Hall–Kier alpha value is -6.35. The summed E-state index contributed by atoms with van der Waals surface area (Å²) >= 11 is 0. The number of hydrogen-bond acceptors (Lipinski definition) is 3. The maximum absolute atomic E-state index is 12.1. The van der Waals surface area contributed by atoms with Gasteiger partial charge in [-0.25, -0.2) is 4.98 Å². The second-order valence-corrected chi connectivity index (χ2v) is 19.7. The maximum Gasteiger partial charge on any atom is 0.148 e. The number of benzene rings is 7. The van der Waals surface area contributed by atoms with Crippen molar-refractivity contribution in [3.05, 3.63) is 191 Å². The Kier molecular flexibility index (Phi) is 9.37. The first-order valence-electron chi connectivity index (χ1n) is 28.5. The number of phenolic OH excluding ortho intramolecular Hbond substituents is 1. The average molecular weight is 1080 g/mol. The first kappa shape index (κ1) is 34.9. The standard InChI is InChI=1S/C63H62N3O.Pt/c1-39-31-41(3)59(67)54(32-39)60-65-58-51(46-34-47(36-50(35-46)63(10,11)12)55-37-45(29-30-64-55)42-21-25-48(26-22-42)61(4,5)6)19-16-20-56(58)66(60)57-38-52(43-17-14-13-15-18-43)40(2)33-53(57)44-23-27-49(28-24-44)62(7,8)9;/h13-33,35-38,67H,1-12H3;/q-1;/i2D3,4D3,5D3,6D3;. The number of fused-ring (bicyclic) bond motifs is 1. The van der Waals surface area contributed by atoms with Gasteiger partial charge >= 0.3 is 0 Å². The Morgan fingerprint density at radius 2 is 1.19 bits per heavy atom. The van der Waals surface area contributed by atoms with Gasteiger partial charge in [0.1, 0.15) is 11.6 Å². The topological polar surface area (TPSA) is 50.9 Å². The minimum Gasteiger partial charge on any atom is -0.507 e. The van der Waals surface area contributed by atoms with Gasteiger partial charge in [0.2, 0.25) is 0 Å². The average Bonchev–Trinajstić information content (AvgIpc) is 3.94. The predicted molar refractivity (Wildman–Crippen MR) is 282 cm³/mol. The van der Waals surface area contributed by atoms with Gasteiger partial charge in [-0.05, 0) is 123 Å². The van der Waals surface area contributed by atoms with Crippen molar-refractivity contribution in [2.75, 3.05) is 0 Å². The third-order valence-corrected chi connectivity index (χ3v) is 12.6. The van der Waals surface area contributed by atoms with Crippen LogP contribution in [0.25, 0.3) is 83.9 Å². The van der Waals surface area contributed by atoms with Crippen molar-refractivity contribution in [3.8, 4) is 78.6 Å². The normalized spacial score (nSPS) is 15.4. The van der Waals surface area contributed by atoms with Gasteiger partial charge in [-0.15, -0.1) is 29.3 Å². The summed E-state index contributed by atoms with van der Waals surface area (Å²) < 4.78 is 103. The SMILES string of the molecule is [2H]C([2H])([2H])c1cc(-c2ccc(C(C)(C)C)cc2)c(-n2c(-c3cc(C)cc(C)c3O)nc3c(-c4[c-]c(-c5cc(-c6ccc(C(C([2H])([2H])[2H])(C([2H])([2H])[2H])C([2H])([2H])[2H])cc6)ccn5)cc(C(C)(C)C)c4)cccc32)cc1-c1ccccc1.[Pt]. The Balaban J connectivity index is 0.00000841. The second-order valence-electron chi connectivity index (χ2n) is 19.7. The molecular weight excluding hydrogens is 1010 g/mol. The molecule has 5 heteroatoms. The van der Waals surface area contributed by atoms with E-state index in [1.165, 1.54) is 24.3 Å². The number of rotatable bonds is 7. The summed E-state index contributed by atoms with van der Waals surface area (Å²) in [5.74, 6) is 0.485. The van der Waals surface area contributed by atoms with E-state index in [1.54, 1.807) is 18.3 Å². The van der Waals surface area contributed by atoms with Crippen LogP contribution in [0.15, 0.2) is 152 Å². The number of nitrogens with zero attached hydrogens (tertiary/aromatic N) is 3. The Morgan fingerprint density at radius 1 is 0.544 bits per heavy atom. The van der Waals surface area contributed by atoms with Crippen molar-refractivity contribution in [2.24, 2.45) is 0 Å². The molecule has 0 fully saturated rings. The summed E-state index contributed by atoms with van der Waals surface area (Å²) in [4.78, 5) is 10.3. The van der Waals surface area contributed by atoms with Crippen LogP contribution in [-0.4, -0.2) is 19.6 Å². The zero-order chi connectivity index (χ0) is 57.6. The first-order chi connectivity index (χ1) is 36.7. The van der Waals surface area contributed by atoms with Crippen LogP contribution in [0.2, 0.25) is 0 Å². The molecule has 346 valence electrons. The number of aromatic nitrogens is 3. The minimum absolute atomic E-state index is 0. The summed E-state index contributed by atoms with van der Waals surface area (Å²) in [6.45, 7) is 3.90. The van der Waals surface area contributed by atoms with Crippen LogP contribution in [-0.2, 0) is 37.3 Å². The van der Waals surface area contributed by atoms with E-state index < -0.39 is 32.8 Å². The van der Waals surface area contributed by atoms with E-state index in [4.69, 9.17) is 26.4 Å². The minimum atomic E-state index is -3.40. The third kappa shape index (κ3) is 9.41. The fraction of sp³-hybridized carbons (Fsp3) is 0.238. The first-order valence-corrected chi connectivity index (χ1v) is 22.5. The molecular formula is C63H62N3OPt-. The second kappa shape index (κ2) is 18.3. The van der Waals surface area contributed by atoms with E-state index in [-0.39, 0.29) is 48.8 Å². The summed E-state index contributed by atoms with van der Waals surface area (Å²) in [5, 5.41) is 12.1. The number of para-hydroxylation sites is 1. The third-order valence-electron chi connectivity index (χ3n) is 12.6. The number of imidazole rings is 1. The summed E-state index contributed by atoms with van der Waals surface area (Å²) in [7, 11) is 0. The monoisotopic (exact) mass is 1080 g/mol. The summed E-state index contributed by atoms with van der Waals surface area (Å²) in [5.41, 5.74) is 8.71. The smallest absolute Gasteiger partial charge is 0.148 e. The molecule has 0 aliphatic carbocycles. The van der Waals surface area contributed by atoms with E-state index in [9.17, 15) is 5.11 Å². The van der Waals surface area contributed by atoms with Gasteiger partial charge in [-0.1, -0.05) is 176 Å². The van der Waals surface area contributed by atoms with Gasteiger partial charge < -0.3 is 5.11 Å². The van der Waals surface area contributed by atoms with Gasteiger partial charge in [-0.2, -0.15) is 0 Å². The van der Waals surface area contributed by atoms with Crippen LogP contribution in [0.3, 0.4) is 0 Å². The number of aryl methyl sites for hydroxylation is 3. The molecule has 7 aromatic carbocycles. The predicted octanol–water partition coefficient (Wildman–Crippen LogP) is 16.7. The van der Waals surface area contributed by atoms with E-state index in [0.29, 0.717) is 72.7 Å². The van der Waals surface area contributed by atoms with Crippen LogP contribution >= 0.6 is 0 Å². The van der Waals surface area contributed by atoms with Crippen molar-refractivity contribution in [1.29, 1.82) is 0 Å². The zero-order valence-corrected chi connectivity index (χ0v) is 41.8. The molecule has 0 radical (unpaired) electrons.